The van der Waals surface area contributed by atoms with Crippen molar-refractivity contribution in [3.63, 3.8) is 0 Å². The van der Waals surface area contributed by atoms with Crippen molar-refractivity contribution in [2.24, 2.45) is 5.73 Å². The molecule has 1 aromatic rings. The monoisotopic (exact) mass is 303 g/mol. The number of benzene rings is 1. The minimum Gasteiger partial charge on any atom is -0.492 e. The first kappa shape index (κ1) is 16.4. The lowest BCUT2D eigenvalue weighted by Crippen LogP contribution is -2.53. The Morgan fingerprint density at radius 3 is 2.82 bits per heavy atom. The summed E-state index contributed by atoms with van der Waals surface area (Å²) >= 11 is 0. The minimum absolute atomic E-state index is 0.00832. The maximum atomic E-state index is 11.7. The molecule has 0 spiro atoms. The van der Waals surface area contributed by atoms with Crippen LogP contribution in [0.25, 0.3) is 0 Å². The lowest BCUT2D eigenvalue weighted by atomic mass is 9.95. The Kier molecular flexibility index (Phi) is 5.44. The van der Waals surface area contributed by atoms with Crippen LogP contribution in [0.5, 0.6) is 5.75 Å². The Bertz CT molecular complexity index is 518. The van der Waals surface area contributed by atoms with Crippen LogP contribution >= 0.6 is 0 Å². The van der Waals surface area contributed by atoms with Gasteiger partial charge in [0.15, 0.2) is 0 Å². The van der Waals surface area contributed by atoms with Gasteiger partial charge in [-0.1, -0.05) is 31.7 Å². The summed E-state index contributed by atoms with van der Waals surface area (Å²) in [6, 6.07) is 9.75. The topological polar surface area (TPSA) is 67.6 Å². The number of carbonyl (C=O) groups is 1. The lowest BCUT2D eigenvalue weighted by molar-refractivity contribution is -0.122. The van der Waals surface area contributed by atoms with Crippen molar-refractivity contribution in [1.29, 1.82) is 0 Å². The zero-order valence-corrected chi connectivity index (χ0v) is 13.2. The van der Waals surface area contributed by atoms with E-state index in [1.54, 1.807) is 0 Å². The number of rotatable bonds is 7. The van der Waals surface area contributed by atoms with Crippen LogP contribution in [0.1, 0.15) is 19.8 Å². The zero-order valence-electron chi connectivity index (χ0n) is 13.2. The Morgan fingerprint density at radius 1 is 1.45 bits per heavy atom. The van der Waals surface area contributed by atoms with Gasteiger partial charge in [-0.2, -0.15) is 0 Å². The van der Waals surface area contributed by atoms with E-state index >= 15 is 0 Å². The van der Waals surface area contributed by atoms with Crippen LogP contribution in [0, 0.1) is 0 Å². The van der Waals surface area contributed by atoms with Gasteiger partial charge in [-0.3, -0.25) is 9.69 Å². The molecule has 5 nitrogen and oxygen atoms in total. The molecule has 0 aromatic heterocycles. The largest absolute Gasteiger partial charge is 0.492 e. The highest BCUT2D eigenvalue weighted by molar-refractivity contribution is 5.77. The second-order valence-electron chi connectivity index (χ2n) is 5.70. The van der Waals surface area contributed by atoms with Crippen LogP contribution in [-0.4, -0.2) is 42.6 Å². The van der Waals surface area contributed by atoms with Gasteiger partial charge < -0.3 is 15.8 Å². The summed E-state index contributed by atoms with van der Waals surface area (Å²) in [5.74, 6) is 0.879. The Morgan fingerprint density at radius 2 is 2.18 bits per heavy atom. The maximum absolute atomic E-state index is 11.7. The SMILES string of the molecule is C=C(N)C1(NC(=O)CC)CCN(CCOc2ccccc2)C1. The van der Waals surface area contributed by atoms with E-state index in [4.69, 9.17) is 10.5 Å². The van der Waals surface area contributed by atoms with Gasteiger partial charge in [-0.05, 0) is 18.6 Å². The van der Waals surface area contributed by atoms with Crippen molar-refractivity contribution in [3.8, 4) is 5.75 Å². The standard InChI is InChI=1S/C17H25N3O2/c1-3-16(21)19-17(14(2)18)9-10-20(13-17)11-12-22-15-7-5-4-6-8-15/h4-8H,2-3,9-13,18H2,1H3,(H,19,21). The number of para-hydroxylation sites is 1. The molecule has 1 amide bonds. The van der Waals surface area contributed by atoms with Crippen LogP contribution in [0.15, 0.2) is 42.6 Å². The first-order valence-electron chi connectivity index (χ1n) is 7.72. The summed E-state index contributed by atoms with van der Waals surface area (Å²) in [4.78, 5) is 14.0. The molecule has 3 N–H and O–H groups in total. The Hall–Kier alpha value is -2.01. The van der Waals surface area contributed by atoms with E-state index in [1.807, 2.05) is 37.3 Å². The number of amides is 1. The molecule has 22 heavy (non-hydrogen) atoms. The van der Waals surface area contributed by atoms with Gasteiger partial charge in [0, 0.05) is 31.8 Å². The van der Waals surface area contributed by atoms with E-state index in [-0.39, 0.29) is 5.91 Å². The highest BCUT2D eigenvalue weighted by atomic mass is 16.5. The van der Waals surface area contributed by atoms with Gasteiger partial charge in [0.25, 0.3) is 0 Å². The second kappa shape index (κ2) is 7.31. The second-order valence-corrected chi connectivity index (χ2v) is 5.70. The van der Waals surface area contributed by atoms with Crippen LogP contribution in [0.2, 0.25) is 0 Å². The fourth-order valence-corrected chi connectivity index (χ4v) is 2.69. The normalized spacial score (nSPS) is 21.5. The van der Waals surface area contributed by atoms with Crippen LogP contribution in [0.4, 0.5) is 0 Å². The number of likely N-dealkylation sites (tertiary alicyclic amines) is 1. The van der Waals surface area contributed by atoms with Crippen molar-refractivity contribution in [3.05, 3.63) is 42.6 Å². The maximum Gasteiger partial charge on any atom is 0.220 e. The van der Waals surface area contributed by atoms with Gasteiger partial charge in [0.05, 0.1) is 5.54 Å². The number of nitrogens with one attached hydrogen (secondary N) is 1. The van der Waals surface area contributed by atoms with Crippen molar-refractivity contribution in [2.45, 2.75) is 25.3 Å². The fourth-order valence-electron chi connectivity index (χ4n) is 2.69. The van der Waals surface area contributed by atoms with Crippen molar-refractivity contribution in [1.82, 2.24) is 10.2 Å². The predicted octanol–water partition coefficient (Wildman–Crippen LogP) is 1.51. The molecule has 0 saturated carbocycles. The van der Waals surface area contributed by atoms with Crippen molar-refractivity contribution < 1.29 is 9.53 Å². The molecule has 0 aliphatic carbocycles. The number of nitrogens with zero attached hydrogens (tertiary/aromatic N) is 1. The first-order valence-corrected chi connectivity index (χ1v) is 7.72. The molecular weight excluding hydrogens is 278 g/mol. The van der Waals surface area contributed by atoms with Crippen molar-refractivity contribution in [2.75, 3.05) is 26.2 Å². The molecule has 1 fully saturated rings. The predicted molar refractivity (Wildman–Crippen MR) is 87.5 cm³/mol. The van der Waals surface area contributed by atoms with Gasteiger partial charge in [-0.25, -0.2) is 0 Å². The summed E-state index contributed by atoms with van der Waals surface area (Å²) in [7, 11) is 0. The summed E-state index contributed by atoms with van der Waals surface area (Å²) in [5.41, 5.74) is 5.98. The first-order chi connectivity index (χ1) is 10.6. The quantitative estimate of drug-likeness (QED) is 0.801. The number of hydrogen-bond acceptors (Lipinski definition) is 4. The van der Waals surface area contributed by atoms with E-state index in [0.717, 1.165) is 25.3 Å². The number of hydrogen-bond donors (Lipinski definition) is 2. The Labute approximate surface area is 132 Å². The molecule has 1 aromatic carbocycles. The van der Waals surface area contributed by atoms with Crippen molar-refractivity contribution >= 4 is 5.91 Å². The molecule has 1 unspecified atom stereocenters. The highest BCUT2D eigenvalue weighted by Crippen LogP contribution is 2.25. The third-order valence-corrected chi connectivity index (χ3v) is 4.08. The summed E-state index contributed by atoms with van der Waals surface area (Å²) in [6.45, 7) is 8.67. The van der Waals surface area contributed by atoms with E-state index in [2.05, 4.69) is 16.8 Å². The summed E-state index contributed by atoms with van der Waals surface area (Å²) < 4.78 is 5.72. The Balaban J connectivity index is 1.85. The molecule has 1 atom stereocenters. The number of ether oxygens (including phenoxy) is 1. The van der Waals surface area contributed by atoms with E-state index in [1.165, 1.54) is 0 Å². The summed E-state index contributed by atoms with van der Waals surface area (Å²) in [5, 5.41) is 3.03. The molecule has 0 radical (unpaired) electrons. The molecule has 1 aliphatic rings. The van der Waals surface area contributed by atoms with Crippen LogP contribution < -0.4 is 15.8 Å². The average Bonchev–Trinajstić information content (AvgIpc) is 2.93. The minimum atomic E-state index is -0.500. The fraction of sp³-hybridized carbons (Fsp3) is 0.471. The summed E-state index contributed by atoms with van der Waals surface area (Å²) in [6.07, 6.45) is 1.24. The molecule has 0 bridgehead atoms. The molecule has 2 rings (SSSR count). The highest BCUT2D eigenvalue weighted by Gasteiger charge is 2.40. The van der Waals surface area contributed by atoms with Gasteiger partial charge >= 0.3 is 0 Å². The van der Waals surface area contributed by atoms with E-state index < -0.39 is 5.54 Å². The van der Waals surface area contributed by atoms with Gasteiger partial charge in [-0.15, -0.1) is 0 Å². The molecule has 120 valence electrons. The van der Waals surface area contributed by atoms with Crippen LogP contribution in [-0.2, 0) is 4.79 Å². The lowest BCUT2D eigenvalue weighted by Gasteiger charge is -2.30. The molecule has 1 saturated heterocycles. The molecule has 1 heterocycles. The average molecular weight is 303 g/mol. The zero-order chi connectivity index (χ0) is 16.0. The van der Waals surface area contributed by atoms with Gasteiger partial charge in [0.1, 0.15) is 12.4 Å². The molecular formula is C17H25N3O2. The smallest absolute Gasteiger partial charge is 0.220 e. The number of nitrogens with two attached hydrogens (primary N) is 1. The van der Waals surface area contributed by atoms with E-state index in [0.29, 0.717) is 25.3 Å². The third-order valence-electron chi connectivity index (χ3n) is 4.08. The van der Waals surface area contributed by atoms with Gasteiger partial charge in [0.2, 0.25) is 5.91 Å². The molecule has 5 heteroatoms. The van der Waals surface area contributed by atoms with Crippen LogP contribution in [0.3, 0.4) is 0 Å². The molecule has 1 aliphatic heterocycles. The third kappa shape index (κ3) is 4.01. The van der Waals surface area contributed by atoms with E-state index in [9.17, 15) is 4.79 Å². The number of carbonyl (C=O) groups excluding carboxylic acids is 1.